The van der Waals surface area contributed by atoms with Crippen molar-refractivity contribution in [2.24, 2.45) is 5.92 Å². The first-order valence-electron chi connectivity index (χ1n) is 12.9. The van der Waals surface area contributed by atoms with Crippen molar-refractivity contribution in [1.82, 2.24) is 15.2 Å². The highest BCUT2D eigenvalue weighted by atomic mass is 19.4. The molecule has 2 aliphatic heterocycles. The van der Waals surface area contributed by atoms with Crippen LogP contribution in [-0.2, 0) is 12.6 Å². The van der Waals surface area contributed by atoms with E-state index in [9.17, 15) is 18.0 Å². The molecule has 1 saturated carbocycles. The van der Waals surface area contributed by atoms with Crippen LogP contribution >= 0.6 is 0 Å². The lowest BCUT2D eigenvalue weighted by molar-refractivity contribution is -0.137. The smallest absolute Gasteiger partial charge is 0.416 e. The van der Waals surface area contributed by atoms with Gasteiger partial charge in [-0.15, -0.1) is 0 Å². The number of nitrogens with zero attached hydrogens (tertiary/aromatic N) is 3. The third-order valence-electron chi connectivity index (χ3n) is 7.77. The van der Waals surface area contributed by atoms with Gasteiger partial charge in [0.05, 0.1) is 12.2 Å². The SMILES string of the molecule is O=C(NC1CCC(CCN2CCN(c3nccc4c3OCC4)CC2)CC1)c1ccc(C(F)(F)F)cc1. The zero-order chi connectivity index (χ0) is 25.1. The molecule has 0 spiro atoms. The van der Waals surface area contributed by atoms with Crippen molar-refractivity contribution in [3.05, 3.63) is 53.2 Å². The first kappa shape index (κ1) is 24.9. The van der Waals surface area contributed by atoms with Crippen LogP contribution in [0.25, 0.3) is 0 Å². The summed E-state index contributed by atoms with van der Waals surface area (Å²) in [6, 6.07) is 6.55. The van der Waals surface area contributed by atoms with Gasteiger partial charge in [-0.05, 0) is 74.9 Å². The van der Waals surface area contributed by atoms with Crippen molar-refractivity contribution >= 4 is 11.7 Å². The summed E-state index contributed by atoms with van der Waals surface area (Å²) >= 11 is 0. The quantitative estimate of drug-likeness (QED) is 0.629. The van der Waals surface area contributed by atoms with E-state index in [1.807, 2.05) is 6.20 Å². The Hall–Kier alpha value is -2.81. The summed E-state index contributed by atoms with van der Waals surface area (Å²) < 4.78 is 44.0. The van der Waals surface area contributed by atoms with E-state index in [-0.39, 0.29) is 17.5 Å². The van der Waals surface area contributed by atoms with Crippen LogP contribution in [-0.4, -0.2) is 61.2 Å². The second-order valence-electron chi connectivity index (χ2n) is 10.1. The molecule has 0 radical (unpaired) electrons. The van der Waals surface area contributed by atoms with E-state index in [0.29, 0.717) is 5.92 Å². The molecule has 0 bridgehead atoms. The normalized spacial score (nSPS) is 22.7. The minimum absolute atomic E-state index is 0.0851. The molecule has 0 unspecified atom stereocenters. The van der Waals surface area contributed by atoms with Crippen molar-refractivity contribution in [2.75, 3.05) is 44.2 Å². The minimum atomic E-state index is -4.39. The standard InChI is InChI=1S/C27H33F3N4O2/c28-27(29,30)22-5-3-21(4-6-22)26(35)32-23-7-1-19(2-8-23)10-13-33-14-16-34(17-15-33)25-24-20(9-12-31-25)11-18-36-24/h3-6,9,12,19,23H,1-2,7-8,10-11,13-18H2,(H,32,35). The Morgan fingerprint density at radius 2 is 1.75 bits per heavy atom. The second kappa shape index (κ2) is 10.7. The van der Waals surface area contributed by atoms with Gasteiger partial charge in [0.15, 0.2) is 11.6 Å². The summed E-state index contributed by atoms with van der Waals surface area (Å²) in [6.07, 6.45) is 3.57. The largest absolute Gasteiger partial charge is 0.489 e. The number of halogens is 3. The molecular formula is C27H33F3N4O2. The Kier molecular flexibility index (Phi) is 7.37. The number of amides is 1. The van der Waals surface area contributed by atoms with Crippen LogP contribution in [0, 0.1) is 5.92 Å². The topological polar surface area (TPSA) is 57.7 Å². The number of anilines is 1. The van der Waals surface area contributed by atoms with Gasteiger partial charge >= 0.3 is 6.18 Å². The number of ether oxygens (including phenoxy) is 1. The fourth-order valence-corrected chi connectivity index (χ4v) is 5.54. The van der Waals surface area contributed by atoms with Crippen molar-refractivity contribution in [1.29, 1.82) is 0 Å². The Morgan fingerprint density at radius 3 is 2.44 bits per heavy atom. The Balaban J connectivity index is 1.01. The van der Waals surface area contributed by atoms with Crippen LogP contribution < -0.4 is 15.0 Å². The highest BCUT2D eigenvalue weighted by molar-refractivity contribution is 5.94. The molecule has 1 aromatic carbocycles. The molecule has 2 fully saturated rings. The van der Waals surface area contributed by atoms with E-state index in [2.05, 4.69) is 26.2 Å². The predicted molar refractivity (Wildman–Crippen MR) is 131 cm³/mol. The van der Waals surface area contributed by atoms with Gasteiger partial charge in [-0.1, -0.05) is 0 Å². The van der Waals surface area contributed by atoms with Gasteiger partial charge in [-0.3, -0.25) is 9.69 Å². The van der Waals surface area contributed by atoms with Crippen LogP contribution in [0.3, 0.4) is 0 Å². The molecule has 0 atom stereocenters. The van der Waals surface area contributed by atoms with Crippen LogP contribution in [0.5, 0.6) is 5.75 Å². The van der Waals surface area contributed by atoms with Crippen LogP contribution in [0.4, 0.5) is 19.0 Å². The number of carbonyl (C=O) groups is 1. The summed E-state index contributed by atoms with van der Waals surface area (Å²) in [7, 11) is 0. The number of carbonyl (C=O) groups excluding carboxylic acids is 1. The van der Waals surface area contributed by atoms with E-state index in [0.717, 1.165) is 102 Å². The van der Waals surface area contributed by atoms with Gasteiger partial charge in [0.1, 0.15) is 0 Å². The van der Waals surface area contributed by atoms with Gasteiger partial charge in [0.2, 0.25) is 0 Å². The maximum absolute atomic E-state index is 12.7. The Morgan fingerprint density at radius 1 is 1.03 bits per heavy atom. The number of benzene rings is 1. The molecule has 3 aliphatic rings. The number of nitrogens with one attached hydrogen (secondary N) is 1. The summed E-state index contributed by atoms with van der Waals surface area (Å²) in [6.45, 7) is 5.77. The molecule has 194 valence electrons. The third-order valence-corrected chi connectivity index (χ3v) is 7.77. The second-order valence-corrected chi connectivity index (χ2v) is 10.1. The van der Waals surface area contributed by atoms with Crippen LogP contribution in [0.15, 0.2) is 36.5 Å². The number of hydrogen-bond donors (Lipinski definition) is 1. The van der Waals surface area contributed by atoms with Gasteiger partial charge in [-0.25, -0.2) is 4.98 Å². The maximum atomic E-state index is 12.7. The minimum Gasteiger partial charge on any atom is -0.489 e. The number of rotatable bonds is 6. The van der Waals surface area contributed by atoms with E-state index >= 15 is 0 Å². The van der Waals surface area contributed by atoms with Gasteiger partial charge in [0, 0.05) is 56.0 Å². The molecule has 1 aliphatic carbocycles. The summed E-state index contributed by atoms with van der Waals surface area (Å²) in [5, 5.41) is 3.01. The first-order chi connectivity index (χ1) is 17.4. The molecule has 1 N–H and O–H groups in total. The number of piperazine rings is 1. The monoisotopic (exact) mass is 502 g/mol. The molecule has 1 saturated heterocycles. The van der Waals surface area contributed by atoms with Crippen molar-refractivity contribution < 1.29 is 22.7 Å². The highest BCUT2D eigenvalue weighted by Crippen LogP contribution is 2.35. The zero-order valence-electron chi connectivity index (χ0n) is 20.4. The fraction of sp³-hybridized carbons (Fsp3) is 0.556. The molecule has 5 rings (SSSR count). The van der Waals surface area contributed by atoms with E-state index in [1.165, 1.54) is 17.7 Å². The lowest BCUT2D eigenvalue weighted by Gasteiger charge is -2.37. The number of aromatic nitrogens is 1. The van der Waals surface area contributed by atoms with Crippen molar-refractivity contribution in [3.63, 3.8) is 0 Å². The van der Waals surface area contributed by atoms with Crippen LogP contribution in [0.1, 0.15) is 53.6 Å². The van der Waals surface area contributed by atoms with E-state index < -0.39 is 11.7 Å². The molecule has 1 aromatic heterocycles. The number of pyridine rings is 1. The van der Waals surface area contributed by atoms with E-state index in [1.54, 1.807) is 0 Å². The third kappa shape index (κ3) is 5.77. The lowest BCUT2D eigenvalue weighted by atomic mass is 9.84. The van der Waals surface area contributed by atoms with Crippen LogP contribution in [0.2, 0.25) is 0 Å². The van der Waals surface area contributed by atoms with Gasteiger partial charge in [-0.2, -0.15) is 13.2 Å². The van der Waals surface area contributed by atoms with Crippen molar-refractivity contribution in [2.45, 2.75) is 50.7 Å². The predicted octanol–water partition coefficient (Wildman–Crippen LogP) is 4.54. The van der Waals surface area contributed by atoms with Gasteiger partial charge in [0.25, 0.3) is 5.91 Å². The average molecular weight is 503 g/mol. The molecule has 9 heteroatoms. The fourth-order valence-electron chi connectivity index (χ4n) is 5.54. The first-order valence-corrected chi connectivity index (χ1v) is 12.9. The zero-order valence-corrected chi connectivity index (χ0v) is 20.4. The maximum Gasteiger partial charge on any atom is 0.416 e. The molecular weight excluding hydrogens is 469 g/mol. The van der Waals surface area contributed by atoms with E-state index in [4.69, 9.17) is 4.74 Å². The Labute approximate surface area is 209 Å². The number of hydrogen-bond acceptors (Lipinski definition) is 5. The molecule has 36 heavy (non-hydrogen) atoms. The Bertz CT molecular complexity index is 1040. The van der Waals surface area contributed by atoms with Gasteiger partial charge < -0.3 is 15.0 Å². The average Bonchev–Trinajstić information content (AvgIpc) is 3.37. The van der Waals surface area contributed by atoms with Crippen molar-refractivity contribution in [3.8, 4) is 5.75 Å². The molecule has 3 heterocycles. The summed E-state index contributed by atoms with van der Waals surface area (Å²) in [4.78, 5) is 21.9. The highest BCUT2D eigenvalue weighted by Gasteiger charge is 2.31. The molecule has 6 nitrogen and oxygen atoms in total. The summed E-state index contributed by atoms with van der Waals surface area (Å²) in [5.41, 5.74) is 0.787. The lowest BCUT2D eigenvalue weighted by Crippen LogP contribution is -2.47. The molecule has 2 aromatic rings. The molecule has 1 amide bonds. The summed E-state index contributed by atoms with van der Waals surface area (Å²) in [5.74, 6) is 2.30. The number of alkyl halides is 3. The number of fused-ring (bicyclic) bond motifs is 1.